The van der Waals surface area contributed by atoms with Crippen LogP contribution in [0, 0.1) is 6.42 Å². The lowest BCUT2D eigenvalue weighted by Gasteiger charge is -2.06. The fraction of sp³-hybridized carbons (Fsp3) is 0.857. The Labute approximate surface area is 155 Å². The smallest absolute Gasteiger partial charge is 0.305 e. The molecule has 4 heteroatoms. The minimum atomic E-state index is -0.162. The standard InChI is InChI=1S/C21H39O4/c1-3-5-7-9-11-13-16-20(22)24-18-15-19-25-21(23)17-14-12-10-8-6-4-2/h15H,3-14,16-19H2,1-2H3. The monoisotopic (exact) mass is 355 g/mol. The van der Waals surface area contributed by atoms with Gasteiger partial charge in [-0.25, -0.2) is 0 Å². The first-order valence-corrected chi connectivity index (χ1v) is 10.3. The second kappa shape index (κ2) is 19.3. The number of carbonyl (C=O) groups is 2. The quantitative estimate of drug-likeness (QED) is 0.231. The third-order valence-electron chi connectivity index (χ3n) is 4.19. The van der Waals surface area contributed by atoms with Gasteiger partial charge < -0.3 is 9.47 Å². The average molecular weight is 356 g/mol. The number of hydrogen-bond acceptors (Lipinski definition) is 4. The molecule has 0 aromatic heterocycles. The van der Waals surface area contributed by atoms with Crippen molar-refractivity contribution in [2.75, 3.05) is 13.2 Å². The molecule has 0 heterocycles. The summed E-state index contributed by atoms with van der Waals surface area (Å²) in [4.78, 5) is 23.1. The Bertz CT molecular complexity index is 285. The van der Waals surface area contributed by atoms with Crippen LogP contribution in [0.4, 0.5) is 0 Å². The zero-order chi connectivity index (χ0) is 18.6. The van der Waals surface area contributed by atoms with Crippen LogP contribution in [-0.4, -0.2) is 25.2 Å². The summed E-state index contributed by atoms with van der Waals surface area (Å²) in [6.45, 7) is 4.83. The lowest BCUT2D eigenvalue weighted by atomic mass is 10.1. The topological polar surface area (TPSA) is 52.6 Å². The Morgan fingerprint density at radius 1 is 0.600 bits per heavy atom. The molecule has 0 spiro atoms. The number of unbranched alkanes of at least 4 members (excludes halogenated alkanes) is 10. The van der Waals surface area contributed by atoms with Crippen molar-refractivity contribution in [1.29, 1.82) is 0 Å². The van der Waals surface area contributed by atoms with Crippen LogP contribution >= 0.6 is 0 Å². The van der Waals surface area contributed by atoms with E-state index in [9.17, 15) is 9.59 Å². The zero-order valence-corrected chi connectivity index (χ0v) is 16.5. The lowest BCUT2D eigenvalue weighted by Crippen LogP contribution is -2.11. The van der Waals surface area contributed by atoms with Gasteiger partial charge in [0.2, 0.25) is 0 Å². The first-order chi connectivity index (χ1) is 12.2. The van der Waals surface area contributed by atoms with E-state index in [4.69, 9.17) is 9.47 Å². The van der Waals surface area contributed by atoms with E-state index in [1.807, 2.05) is 0 Å². The number of esters is 2. The van der Waals surface area contributed by atoms with E-state index in [2.05, 4.69) is 13.8 Å². The molecular weight excluding hydrogens is 316 g/mol. The second-order valence-corrected chi connectivity index (χ2v) is 6.69. The van der Waals surface area contributed by atoms with Gasteiger partial charge in [0, 0.05) is 19.3 Å². The summed E-state index contributed by atoms with van der Waals surface area (Å²) >= 11 is 0. The molecule has 0 atom stereocenters. The van der Waals surface area contributed by atoms with Crippen LogP contribution in [0.5, 0.6) is 0 Å². The van der Waals surface area contributed by atoms with Crippen molar-refractivity contribution in [3.63, 3.8) is 0 Å². The Balaban J connectivity index is 3.30. The first kappa shape index (κ1) is 23.9. The fourth-order valence-corrected chi connectivity index (χ4v) is 2.60. The molecule has 0 amide bonds. The summed E-state index contributed by atoms with van der Waals surface area (Å²) < 4.78 is 10.2. The van der Waals surface area contributed by atoms with E-state index in [0.717, 1.165) is 25.7 Å². The summed E-state index contributed by atoms with van der Waals surface area (Å²) in [5, 5.41) is 0. The van der Waals surface area contributed by atoms with Crippen LogP contribution < -0.4 is 0 Å². The van der Waals surface area contributed by atoms with Crippen LogP contribution in [-0.2, 0) is 19.1 Å². The maximum Gasteiger partial charge on any atom is 0.305 e. The molecule has 1 radical (unpaired) electrons. The van der Waals surface area contributed by atoms with Crippen LogP contribution in [0.15, 0.2) is 0 Å². The van der Waals surface area contributed by atoms with Crippen molar-refractivity contribution in [2.24, 2.45) is 0 Å². The molecule has 0 rings (SSSR count). The summed E-state index contributed by atoms with van der Waals surface area (Å²) in [5.41, 5.74) is 0. The van der Waals surface area contributed by atoms with Gasteiger partial charge in [0.15, 0.2) is 0 Å². The Kier molecular flexibility index (Phi) is 18.5. The van der Waals surface area contributed by atoms with E-state index >= 15 is 0 Å². The van der Waals surface area contributed by atoms with Crippen molar-refractivity contribution in [3.05, 3.63) is 6.42 Å². The van der Waals surface area contributed by atoms with Crippen molar-refractivity contribution >= 4 is 11.9 Å². The zero-order valence-electron chi connectivity index (χ0n) is 16.5. The van der Waals surface area contributed by atoms with Gasteiger partial charge in [0.1, 0.15) is 0 Å². The van der Waals surface area contributed by atoms with E-state index in [1.54, 1.807) is 6.42 Å². The molecule has 0 saturated heterocycles. The summed E-state index contributed by atoms with van der Waals surface area (Å²) in [7, 11) is 0. The Morgan fingerprint density at radius 2 is 0.960 bits per heavy atom. The van der Waals surface area contributed by atoms with Gasteiger partial charge in [0.05, 0.1) is 13.2 Å². The number of rotatable bonds is 18. The van der Waals surface area contributed by atoms with Crippen molar-refractivity contribution in [3.8, 4) is 0 Å². The molecule has 4 nitrogen and oxygen atoms in total. The fourth-order valence-electron chi connectivity index (χ4n) is 2.60. The third kappa shape index (κ3) is 19.1. The number of ether oxygens (including phenoxy) is 2. The van der Waals surface area contributed by atoms with Gasteiger partial charge in [0.25, 0.3) is 0 Å². The SMILES string of the molecule is CCCCCCCCC(=O)OC[CH]COC(=O)CCCCCCCC. The molecule has 0 fully saturated rings. The molecule has 0 aliphatic heterocycles. The van der Waals surface area contributed by atoms with Gasteiger partial charge in [-0.1, -0.05) is 78.1 Å². The van der Waals surface area contributed by atoms with E-state index < -0.39 is 0 Å². The minimum Gasteiger partial charge on any atom is -0.465 e. The molecule has 0 unspecified atom stereocenters. The van der Waals surface area contributed by atoms with Crippen LogP contribution in [0.1, 0.15) is 104 Å². The number of carbonyl (C=O) groups excluding carboxylic acids is 2. The van der Waals surface area contributed by atoms with Crippen LogP contribution in [0.2, 0.25) is 0 Å². The van der Waals surface area contributed by atoms with Crippen molar-refractivity contribution in [2.45, 2.75) is 104 Å². The van der Waals surface area contributed by atoms with Crippen LogP contribution in [0.3, 0.4) is 0 Å². The first-order valence-electron chi connectivity index (χ1n) is 10.3. The molecule has 0 aromatic carbocycles. The number of hydrogen-bond donors (Lipinski definition) is 0. The predicted octanol–water partition coefficient (Wildman–Crippen LogP) is 5.78. The highest BCUT2D eigenvalue weighted by Crippen LogP contribution is 2.08. The van der Waals surface area contributed by atoms with Gasteiger partial charge in [-0.15, -0.1) is 0 Å². The van der Waals surface area contributed by atoms with Crippen molar-refractivity contribution in [1.82, 2.24) is 0 Å². The molecule has 0 aromatic rings. The Morgan fingerprint density at radius 3 is 1.36 bits per heavy atom. The maximum absolute atomic E-state index is 11.5. The average Bonchev–Trinajstić information content (AvgIpc) is 2.60. The highest BCUT2D eigenvalue weighted by molar-refractivity contribution is 5.69. The molecule has 0 aliphatic rings. The Hall–Kier alpha value is -1.06. The second-order valence-electron chi connectivity index (χ2n) is 6.69. The molecule has 25 heavy (non-hydrogen) atoms. The molecular formula is C21H39O4. The normalized spacial score (nSPS) is 10.6. The van der Waals surface area contributed by atoms with Crippen LogP contribution in [0.25, 0.3) is 0 Å². The highest BCUT2D eigenvalue weighted by atomic mass is 16.5. The summed E-state index contributed by atoms with van der Waals surface area (Å²) in [6.07, 6.45) is 16.6. The van der Waals surface area contributed by atoms with Gasteiger partial charge >= 0.3 is 11.9 Å². The van der Waals surface area contributed by atoms with Gasteiger partial charge in [-0.2, -0.15) is 0 Å². The third-order valence-corrected chi connectivity index (χ3v) is 4.19. The summed E-state index contributed by atoms with van der Waals surface area (Å²) in [5.74, 6) is -0.324. The maximum atomic E-state index is 11.5. The van der Waals surface area contributed by atoms with Gasteiger partial charge in [-0.05, 0) is 12.8 Å². The van der Waals surface area contributed by atoms with E-state index in [0.29, 0.717) is 12.8 Å². The highest BCUT2D eigenvalue weighted by Gasteiger charge is 2.05. The van der Waals surface area contributed by atoms with Gasteiger partial charge in [-0.3, -0.25) is 9.59 Å². The van der Waals surface area contributed by atoms with E-state index in [-0.39, 0.29) is 25.2 Å². The molecule has 0 bridgehead atoms. The largest absolute Gasteiger partial charge is 0.465 e. The molecule has 0 N–H and O–H groups in total. The van der Waals surface area contributed by atoms with Crippen molar-refractivity contribution < 1.29 is 19.1 Å². The molecule has 0 aliphatic carbocycles. The van der Waals surface area contributed by atoms with E-state index in [1.165, 1.54) is 51.4 Å². The predicted molar refractivity (Wildman–Crippen MR) is 102 cm³/mol. The molecule has 0 saturated carbocycles. The lowest BCUT2D eigenvalue weighted by molar-refractivity contribution is -0.144. The minimum absolute atomic E-state index is 0.162. The molecule has 147 valence electrons. The summed E-state index contributed by atoms with van der Waals surface area (Å²) in [6, 6.07) is 0.